The van der Waals surface area contributed by atoms with Crippen LogP contribution in [0.25, 0.3) is 11.3 Å². The molecule has 1 N–H and O–H groups in total. The zero-order valence-electron chi connectivity index (χ0n) is 10.2. The first-order valence-corrected chi connectivity index (χ1v) is 6.07. The fraction of sp³-hybridized carbons (Fsp3) is 0.357. The summed E-state index contributed by atoms with van der Waals surface area (Å²) in [7, 11) is 0. The van der Waals surface area contributed by atoms with Crippen LogP contribution in [0.15, 0.2) is 22.7 Å². The normalized spacial score (nSPS) is 12.6. The van der Waals surface area contributed by atoms with Gasteiger partial charge in [0.1, 0.15) is 5.69 Å². The number of fused-ring (bicyclic) bond motifs is 3. The van der Waals surface area contributed by atoms with Gasteiger partial charge in [0.05, 0.1) is 0 Å². The van der Waals surface area contributed by atoms with E-state index < -0.39 is 0 Å². The molecule has 0 fully saturated rings. The van der Waals surface area contributed by atoms with Crippen molar-refractivity contribution in [1.29, 1.82) is 0 Å². The lowest BCUT2D eigenvalue weighted by Crippen LogP contribution is -2.13. The molecule has 88 valence electrons. The standard InChI is InChI=1S/C14H16N2O/c1-3-15-8-13-12-7-10-5-4-9(2)6-11(10)14(12)17-16-13/h4-6,15H,3,7-8H2,1-2H3. The van der Waals surface area contributed by atoms with Crippen LogP contribution in [0.1, 0.15) is 29.3 Å². The summed E-state index contributed by atoms with van der Waals surface area (Å²) in [5.74, 6) is 0.969. The van der Waals surface area contributed by atoms with Crippen molar-refractivity contribution in [2.75, 3.05) is 6.54 Å². The quantitative estimate of drug-likeness (QED) is 0.749. The molecule has 17 heavy (non-hydrogen) atoms. The summed E-state index contributed by atoms with van der Waals surface area (Å²) in [5.41, 5.74) is 6.14. The van der Waals surface area contributed by atoms with Crippen LogP contribution in [-0.2, 0) is 13.0 Å². The molecule has 1 aliphatic rings. The molecule has 0 unspecified atom stereocenters. The second-order valence-corrected chi connectivity index (χ2v) is 4.55. The predicted octanol–water partition coefficient (Wildman–Crippen LogP) is 2.66. The van der Waals surface area contributed by atoms with Gasteiger partial charge in [0, 0.05) is 24.1 Å². The lowest BCUT2D eigenvalue weighted by Gasteiger charge is -2.00. The molecular weight excluding hydrogens is 212 g/mol. The minimum Gasteiger partial charge on any atom is -0.356 e. The van der Waals surface area contributed by atoms with Crippen LogP contribution in [-0.4, -0.2) is 11.7 Å². The maximum Gasteiger partial charge on any atom is 0.170 e. The Labute approximate surface area is 101 Å². The van der Waals surface area contributed by atoms with Crippen LogP contribution in [0, 0.1) is 6.92 Å². The molecule has 0 spiro atoms. The maximum atomic E-state index is 5.50. The van der Waals surface area contributed by atoms with Gasteiger partial charge in [-0.15, -0.1) is 0 Å². The van der Waals surface area contributed by atoms with Crippen molar-refractivity contribution >= 4 is 0 Å². The van der Waals surface area contributed by atoms with Gasteiger partial charge in [-0.25, -0.2) is 0 Å². The second kappa shape index (κ2) is 4.00. The summed E-state index contributed by atoms with van der Waals surface area (Å²) in [6.45, 7) is 5.95. The van der Waals surface area contributed by atoms with Crippen molar-refractivity contribution in [3.05, 3.63) is 40.6 Å². The van der Waals surface area contributed by atoms with Crippen LogP contribution < -0.4 is 5.32 Å². The molecule has 0 saturated heterocycles. The van der Waals surface area contributed by atoms with Gasteiger partial charge in [0.15, 0.2) is 5.76 Å². The fourth-order valence-corrected chi connectivity index (χ4v) is 2.36. The van der Waals surface area contributed by atoms with Gasteiger partial charge >= 0.3 is 0 Å². The molecule has 0 amide bonds. The third-order valence-electron chi connectivity index (χ3n) is 3.29. The van der Waals surface area contributed by atoms with E-state index in [2.05, 4.69) is 42.5 Å². The molecule has 1 aromatic carbocycles. The van der Waals surface area contributed by atoms with Crippen LogP contribution in [0.2, 0.25) is 0 Å². The average Bonchev–Trinajstić information content (AvgIpc) is 2.86. The molecule has 1 aromatic heterocycles. The van der Waals surface area contributed by atoms with E-state index in [-0.39, 0.29) is 0 Å². The third-order valence-corrected chi connectivity index (χ3v) is 3.29. The van der Waals surface area contributed by atoms with Gasteiger partial charge in [-0.2, -0.15) is 0 Å². The van der Waals surface area contributed by atoms with E-state index in [4.69, 9.17) is 4.52 Å². The van der Waals surface area contributed by atoms with E-state index >= 15 is 0 Å². The SMILES string of the molecule is CCNCc1noc2c1Cc1ccc(C)cc1-2. The molecule has 0 bridgehead atoms. The number of nitrogens with one attached hydrogen (secondary N) is 1. The molecule has 0 atom stereocenters. The Morgan fingerprint density at radius 1 is 1.41 bits per heavy atom. The lowest BCUT2D eigenvalue weighted by molar-refractivity contribution is 0.420. The summed E-state index contributed by atoms with van der Waals surface area (Å²) >= 11 is 0. The molecule has 1 heterocycles. The minimum atomic E-state index is 0.794. The van der Waals surface area contributed by atoms with Gasteiger partial charge in [-0.1, -0.05) is 29.8 Å². The molecule has 0 saturated carbocycles. The molecule has 3 nitrogen and oxygen atoms in total. The zero-order chi connectivity index (χ0) is 11.8. The Morgan fingerprint density at radius 2 is 2.29 bits per heavy atom. The minimum absolute atomic E-state index is 0.794. The first-order valence-electron chi connectivity index (χ1n) is 6.07. The third kappa shape index (κ3) is 1.67. The van der Waals surface area contributed by atoms with Crippen molar-refractivity contribution in [3.8, 4) is 11.3 Å². The molecule has 0 radical (unpaired) electrons. The Hall–Kier alpha value is -1.61. The van der Waals surface area contributed by atoms with Crippen LogP contribution in [0.3, 0.4) is 0 Å². The van der Waals surface area contributed by atoms with E-state index in [9.17, 15) is 0 Å². The fourth-order valence-electron chi connectivity index (χ4n) is 2.36. The van der Waals surface area contributed by atoms with Crippen molar-refractivity contribution in [2.45, 2.75) is 26.8 Å². The average molecular weight is 228 g/mol. The van der Waals surface area contributed by atoms with E-state index in [0.717, 1.165) is 31.0 Å². The van der Waals surface area contributed by atoms with Crippen LogP contribution >= 0.6 is 0 Å². The number of hydrogen-bond acceptors (Lipinski definition) is 3. The Morgan fingerprint density at radius 3 is 3.12 bits per heavy atom. The number of aryl methyl sites for hydroxylation is 1. The van der Waals surface area contributed by atoms with E-state index in [1.807, 2.05) is 0 Å². The van der Waals surface area contributed by atoms with Gasteiger partial charge in [0.25, 0.3) is 0 Å². The maximum absolute atomic E-state index is 5.50. The molecule has 0 aliphatic heterocycles. The Balaban J connectivity index is 2.00. The topological polar surface area (TPSA) is 38.1 Å². The van der Waals surface area contributed by atoms with Gasteiger partial charge in [0.2, 0.25) is 0 Å². The van der Waals surface area contributed by atoms with E-state index in [1.165, 1.54) is 22.3 Å². The summed E-state index contributed by atoms with van der Waals surface area (Å²) in [6.07, 6.45) is 0.954. The van der Waals surface area contributed by atoms with Crippen LogP contribution in [0.4, 0.5) is 0 Å². The van der Waals surface area contributed by atoms with Gasteiger partial charge in [-0.05, 0) is 25.1 Å². The van der Waals surface area contributed by atoms with Crippen molar-refractivity contribution in [3.63, 3.8) is 0 Å². The summed E-state index contributed by atoms with van der Waals surface area (Å²) in [5, 5.41) is 7.46. The Kier molecular flexibility index (Phi) is 2.48. The van der Waals surface area contributed by atoms with Gasteiger partial charge in [-0.3, -0.25) is 0 Å². The summed E-state index contributed by atoms with van der Waals surface area (Å²) in [6, 6.07) is 6.53. The summed E-state index contributed by atoms with van der Waals surface area (Å²) < 4.78 is 5.50. The van der Waals surface area contributed by atoms with E-state index in [0.29, 0.717) is 0 Å². The first-order chi connectivity index (χ1) is 8.29. The number of benzene rings is 1. The number of rotatable bonds is 3. The highest BCUT2D eigenvalue weighted by Gasteiger charge is 2.26. The Bertz CT molecular complexity index is 557. The predicted molar refractivity (Wildman–Crippen MR) is 66.9 cm³/mol. The van der Waals surface area contributed by atoms with Gasteiger partial charge < -0.3 is 9.84 Å². The van der Waals surface area contributed by atoms with E-state index in [1.54, 1.807) is 0 Å². The molecular formula is C14H16N2O. The zero-order valence-corrected chi connectivity index (χ0v) is 10.2. The van der Waals surface area contributed by atoms with Crippen LogP contribution in [0.5, 0.6) is 0 Å². The largest absolute Gasteiger partial charge is 0.356 e. The first kappa shape index (κ1) is 10.5. The molecule has 2 aromatic rings. The molecule has 1 aliphatic carbocycles. The monoisotopic (exact) mass is 228 g/mol. The lowest BCUT2D eigenvalue weighted by atomic mass is 10.1. The number of nitrogens with zero attached hydrogens (tertiary/aromatic N) is 1. The van der Waals surface area contributed by atoms with Crippen molar-refractivity contribution in [1.82, 2.24) is 10.5 Å². The van der Waals surface area contributed by atoms with Crippen molar-refractivity contribution < 1.29 is 4.52 Å². The van der Waals surface area contributed by atoms with Crippen molar-refractivity contribution in [2.24, 2.45) is 0 Å². The smallest absolute Gasteiger partial charge is 0.170 e. The highest BCUT2D eigenvalue weighted by molar-refractivity contribution is 5.73. The molecule has 3 heteroatoms. The summed E-state index contributed by atoms with van der Waals surface area (Å²) in [4.78, 5) is 0. The highest BCUT2D eigenvalue weighted by Crippen LogP contribution is 2.38. The number of hydrogen-bond donors (Lipinski definition) is 1. The second-order valence-electron chi connectivity index (χ2n) is 4.55. The number of aromatic nitrogens is 1. The highest BCUT2D eigenvalue weighted by atomic mass is 16.5. The molecule has 3 rings (SSSR count).